The summed E-state index contributed by atoms with van der Waals surface area (Å²) in [5.41, 5.74) is 7.64. The molecule has 4 N–H and O–H groups in total. The third kappa shape index (κ3) is 3.88. The normalized spacial score (nSPS) is 18.5. The molecule has 5 heteroatoms. The Hall–Kier alpha value is -1.75. The largest absolute Gasteiger partial charge is 0.496 e. The van der Waals surface area contributed by atoms with Crippen LogP contribution in [0.15, 0.2) is 23.4 Å². The Morgan fingerprint density at radius 1 is 1.38 bits per heavy atom. The van der Waals surface area contributed by atoms with E-state index in [0.717, 1.165) is 12.1 Å². The Kier molecular flexibility index (Phi) is 5.07. The predicted molar refractivity (Wildman–Crippen MR) is 83.8 cm³/mol. The molecule has 2 rings (SSSR count). The molecular formula is C16H25N3O2. The van der Waals surface area contributed by atoms with Gasteiger partial charge in [0.15, 0.2) is 5.84 Å². The third-order valence-electron chi connectivity index (χ3n) is 4.32. The molecule has 1 aromatic carbocycles. The van der Waals surface area contributed by atoms with Crippen molar-refractivity contribution in [1.29, 1.82) is 0 Å². The van der Waals surface area contributed by atoms with Gasteiger partial charge in [-0.2, -0.15) is 0 Å². The Morgan fingerprint density at radius 2 is 2.10 bits per heavy atom. The number of hydrogen-bond donors (Lipinski definition) is 3. The molecule has 0 heterocycles. The Morgan fingerprint density at radius 3 is 2.71 bits per heavy atom. The number of oxime groups is 1. The maximum Gasteiger partial charge on any atom is 0.173 e. The molecule has 0 atom stereocenters. The van der Waals surface area contributed by atoms with Crippen molar-refractivity contribution in [1.82, 2.24) is 5.32 Å². The van der Waals surface area contributed by atoms with Crippen molar-refractivity contribution in [2.45, 2.75) is 51.1 Å². The summed E-state index contributed by atoms with van der Waals surface area (Å²) < 4.78 is 5.25. The minimum atomic E-state index is 0.0672. The molecule has 0 bridgehead atoms. The van der Waals surface area contributed by atoms with Crippen LogP contribution >= 0.6 is 0 Å². The van der Waals surface area contributed by atoms with Crippen LogP contribution in [0.2, 0.25) is 0 Å². The molecular weight excluding hydrogens is 266 g/mol. The number of nitrogens with zero attached hydrogens (tertiary/aromatic N) is 1. The number of ether oxygens (including phenoxy) is 1. The molecule has 21 heavy (non-hydrogen) atoms. The topological polar surface area (TPSA) is 79.9 Å². The summed E-state index contributed by atoms with van der Waals surface area (Å²) in [6.07, 6.45) is 6.36. The highest BCUT2D eigenvalue weighted by Crippen LogP contribution is 2.28. The zero-order chi connectivity index (χ0) is 15.3. The average Bonchev–Trinajstić information content (AvgIpc) is 2.52. The van der Waals surface area contributed by atoms with Crippen LogP contribution in [-0.2, 0) is 6.54 Å². The number of benzene rings is 1. The molecule has 0 aromatic heterocycles. The highest BCUT2D eigenvalue weighted by atomic mass is 16.5. The first-order chi connectivity index (χ1) is 10.1. The number of rotatable bonds is 5. The zero-order valence-electron chi connectivity index (χ0n) is 12.9. The Labute approximate surface area is 126 Å². The molecule has 0 amide bonds. The van der Waals surface area contributed by atoms with E-state index in [0.29, 0.717) is 11.3 Å². The summed E-state index contributed by atoms with van der Waals surface area (Å²) >= 11 is 0. The van der Waals surface area contributed by atoms with Crippen LogP contribution in [0, 0.1) is 0 Å². The van der Waals surface area contributed by atoms with Gasteiger partial charge in [-0.05, 0) is 37.5 Å². The molecule has 1 aromatic rings. The Bertz CT molecular complexity index is 508. The fraction of sp³-hybridized carbons (Fsp3) is 0.562. The summed E-state index contributed by atoms with van der Waals surface area (Å²) in [6, 6.07) is 5.77. The van der Waals surface area contributed by atoms with E-state index in [1.807, 2.05) is 18.2 Å². The number of nitrogens with one attached hydrogen (secondary N) is 1. The summed E-state index contributed by atoms with van der Waals surface area (Å²) in [7, 11) is 1.57. The average molecular weight is 291 g/mol. The molecule has 1 saturated carbocycles. The van der Waals surface area contributed by atoms with E-state index in [2.05, 4.69) is 17.4 Å². The van der Waals surface area contributed by atoms with Gasteiger partial charge in [0.2, 0.25) is 0 Å². The van der Waals surface area contributed by atoms with E-state index < -0.39 is 0 Å². The van der Waals surface area contributed by atoms with Gasteiger partial charge in [-0.15, -0.1) is 0 Å². The number of methoxy groups -OCH3 is 1. The van der Waals surface area contributed by atoms with Crippen molar-refractivity contribution in [2.24, 2.45) is 10.9 Å². The van der Waals surface area contributed by atoms with E-state index in [4.69, 9.17) is 15.7 Å². The van der Waals surface area contributed by atoms with Crippen LogP contribution in [0.5, 0.6) is 5.75 Å². The van der Waals surface area contributed by atoms with Crippen LogP contribution in [0.25, 0.3) is 0 Å². The minimum absolute atomic E-state index is 0.0672. The predicted octanol–water partition coefficient (Wildman–Crippen LogP) is 2.60. The van der Waals surface area contributed by atoms with Crippen LogP contribution in [0.4, 0.5) is 0 Å². The lowest BCUT2D eigenvalue weighted by molar-refractivity contribution is 0.252. The molecule has 0 saturated heterocycles. The van der Waals surface area contributed by atoms with Gasteiger partial charge in [-0.3, -0.25) is 0 Å². The van der Waals surface area contributed by atoms with Crippen molar-refractivity contribution in [3.8, 4) is 5.75 Å². The molecule has 1 aliphatic rings. The van der Waals surface area contributed by atoms with E-state index >= 15 is 0 Å². The second-order valence-electron chi connectivity index (χ2n) is 5.99. The first kappa shape index (κ1) is 15.6. The molecule has 0 radical (unpaired) electrons. The van der Waals surface area contributed by atoms with Crippen LogP contribution in [0.3, 0.4) is 0 Å². The lowest BCUT2D eigenvalue weighted by Crippen LogP contribution is -2.43. The summed E-state index contributed by atoms with van der Waals surface area (Å²) in [5.74, 6) is 0.676. The maximum absolute atomic E-state index is 8.87. The molecule has 116 valence electrons. The van der Waals surface area contributed by atoms with Crippen molar-refractivity contribution in [3.05, 3.63) is 29.3 Å². The summed E-state index contributed by atoms with van der Waals surface area (Å²) in [6.45, 7) is 3.06. The summed E-state index contributed by atoms with van der Waals surface area (Å²) in [5, 5.41) is 15.6. The molecule has 0 aliphatic heterocycles. The van der Waals surface area contributed by atoms with E-state index in [1.54, 1.807) is 7.11 Å². The quantitative estimate of drug-likeness (QED) is 0.337. The highest BCUT2D eigenvalue weighted by Gasteiger charge is 2.25. The van der Waals surface area contributed by atoms with Gasteiger partial charge in [0.25, 0.3) is 0 Å². The molecule has 0 spiro atoms. The van der Waals surface area contributed by atoms with Crippen molar-refractivity contribution in [3.63, 3.8) is 0 Å². The van der Waals surface area contributed by atoms with E-state index in [9.17, 15) is 0 Å². The molecule has 1 fully saturated rings. The van der Waals surface area contributed by atoms with Gasteiger partial charge in [-0.25, -0.2) is 0 Å². The van der Waals surface area contributed by atoms with Crippen LogP contribution in [-0.4, -0.2) is 23.7 Å². The smallest absolute Gasteiger partial charge is 0.173 e. The lowest BCUT2D eigenvalue weighted by Gasteiger charge is -2.35. The van der Waals surface area contributed by atoms with Gasteiger partial charge >= 0.3 is 0 Å². The van der Waals surface area contributed by atoms with Crippen molar-refractivity contribution < 1.29 is 9.94 Å². The van der Waals surface area contributed by atoms with Gasteiger partial charge in [0.1, 0.15) is 5.75 Å². The highest BCUT2D eigenvalue weighted by molar-refractivity contribution is 5.99. The van der Waals surface area contributed by atoms with Gasteiger partial charge in [0.05, 0.1) is 12.7 Å². The van der Waals surface area contributed by atoms with E-state index in [1.165, 1.54) is 32.1 Å². The number of nitrogens with two attached hydrogens (primary N) is 1. The summed E-state index contributed by atoms with van der Waals surface area (Å²) in [4.78, 5) is 0. The minimum Gasteiger partial charge on any atom is -0.496 e. The first-order valence-electron chi connectivity index (χ1n) is 7.48. The second kappa shape index (κ2) is 6.80. The molecule has 1 aliphatic carbocycles. The zero-order valence-corrected chi connectivity index (χ0v) is 12.9. The third-order valence-corrected chi connectivity index (χ3v) is 4.32. The molecule has 0 unspecified atom stereocenters. The van der Waals surface area contributed by atoms with Crippen molar-refractivity contribution in [2.75, 3.05) is 7.11 Å². The lowest BCUT2D eigenvalue weighted by atomic mass is 9.83. The molecule has 5 nitrogen and oxygen atoms in total. The monoisotopic (exact) mass is 291 g/mol. The second-order valence-corrected chi connectivity index (χ2v) is 5.99. The fourth-order valence-corrected chi connectivity index (χ4v) is 2.94. The van der Waals surface area contributed by atoms with E-state index in [-0.39, 0.29) is 11.4 Å². The standard InChI is InChI=1S/C16H25N3O2/c1-16(8-4-3-5-9-16)18-11-12-6-7-14(21-2)13(10-12)15(17)19-20/h6-7,10,18,20H,3-5,8-9,11H2,1-2H3,(H2,17,19). The number of hydrogen-bond acceptors (Lipinski definition) is 4. The van der Waals surface area contributed by atoms with Crippen LogP contribution in [0.1, 0.15) is 50.2 Å². The van der Waals surface area contributed by atoms with Gasteiger partial charge < -0.3 is 21.0 Å². The number of amidine groups is 1. The van der Waals surface area contributed by atoms with Crippen molar-refractivity contribution >= 4 is 5.84 Å². The SMILES string of the molecule is COc1ccc(CNC2(C)CCCCC2)cc1C(N)=NO. The van der Waals surface area contributed by atoms with Gasteiger partial charge in [-0.1, -0.05) is 30.5 Å². The fourth-order valence-electron chi connectivity index (χ4n) is 2.94. The maximum atomic E-state index is 8.87. The first-order valence-corrected chi connectivity index (χ1v) is 7.48. The Balaban J connectivity index is 2.10. The van der Waals surface area contributed by atoms with Gasteiger partial charge in [0, 0.05) is 12.1 Å². The van der Waals surface area contributed by atoms with Crippen LogP contribution < -0.4 is 15.8 Å².